The smallest absolute Gasteiger partial charge is 0.303 e. The van der Waals surface area contributed by atoms with Crippen LogP contribution in [0, 0.1) is 37.5 Å². The summed E-state index contributed by atoms with van der Waals surface area (Å²) in [5.74, 6) is 0.00667. The van der Waals surface area contributed by atoms with Crippen molar-refractivity contribution < 1.29 is 38.0 Å². The average Bonchev–Trinajstić information content (AvgIpc) is 4.03. The molecule has 10 atom stereocenters. The van der Waals surface area contributed by atoms with Crippen LogP contribution in [0.5, 0.6) is 0 Å². The molecule has 2 fully saturated rings. The van der Waals surface area contributed by atoms with E-state index in [-0.39, 0.29) is 53.2 Å². The second-order valence-electron chi connectivity index (χ2n) is 20.0. The molecule has 0 spiro atoms. The Kier molecular flexibility index (Phi) is 17.1. The number of benzene rings is 2. The van der Waals surface area contributed by atoms with Gasteiger partial charge in [0.05, 0.1) is 43.5 Å². The van der Waals surface area contributed by atoms with E-state index in [1.54, 1.807) is 15.6 Å². The van der Waals surface area contributed by atoms with Crippen molar-refractivity contribution in [2.24, 2.45) is 23.7 Å². The third-order valence-electron chi connectivity index (χ3n) is 15.2. The molecule has 67 heavy (non-hydrogen) atoms. The van der Waals surface area contributed by atoms with E-state index in [1.165, 1.54) is 47.2 Å². The van der Waals surface area contributed by atoms with Gasteiger partial charge < -0.3 is 28.4 Å². The number of aryl methyl sites for hydroxylation is 2. The Morgan fingerprint density at radius 3 is 1.70 bits per heavy atom. The summed E-state index contributed by atoms with van der Waals surface area (Å²) in [4.78, 5) is 24.0. The van der Waals surface area contributed by atoms with Crippen molar-refractivity contribution in [1.82, 2.24) is 30.0 Å². The maximum Gasteiger partial charge on any atom is 0.303 e. The van der Waals surface area contributed by atoms with Gasteiger partial charge in [0, 0.05) is 44.3 Å². The average molecular weight is 925 g/mol. The highest BCUT2D eigenvalue weighted by molar-refractivity contribution is 5.81. The Hall–Kier alpha value is -4.50. The number of esters is 2. The predicted octanol–water partition coefficient (Wildman–Crippen LogP) is 10.3. The van der Waals surface area contributed by atoms with Crippen LogP contribution in [0.25, 0.3) is 11.1 Å². The molecule has 7 rings (SSSR count). The zero-order valence-electron chi connectivity index (χ0n) is 41.7. The van der Waals surface area contributed by atoms with E-state index < -0.39 is 24.7 Å². The van der Waals surface area contributed by atoms with Crippen LogP contribution in [0.4, 0.5) is 0 Å². The zero-order chi connectivity index (χ0) is 47.8. The van der Waals surface area contributed by atoms with Crippen LogP contribution in [-0.4, -0.2) is 79.6 Å². The molecule has 10 unspecified atom stereocenters. The van der Waals surface area contributed by atoms with E-state index in [0.717, 1.165) is 75.6 Å². The van der Waals surface area contributed by atoms with Gasteiger partial charge in [0.1, 0.15) is 5.69 Å². The first kappa shape index (κ1) is 50.4. The molecule has 0 bridgehead atoms. The Morgan fingerprint density at radius 1 is 0.642 bits per heavy atom. The minimum atomic E-state index is -0.552. The van der Waals surface area contributed by atoms with Crippen LogP contribution in [0.3, 0.4) is 0 Å². The van der Waals surface area contributed by atoms with Crippen molar-refractivity contribution in [2.75, 3.05) is 13.2 Å². The van der Waals surface area contributed by atoms with Gasteiger partial charge in [0.15, 0.2) is 24.7 Å². The number of aromatic nitrogens is 6. The molecule has 14 nitrogen and oxygen atoms in total. The molecule has 2 aliphatic heterocycles. The number of carbonyl (C=O) groups excluding carboxylic acids is 2. The number of hydrogen-bond acceptors (Lipinski definition) is 12. The molecule has 1 aliphatic carbocycles. The van der Waals surface area contributed by atoms with Crippen LogP contribution in [0.15, 0.2) is 48.8 Å². The highest BCUT2D eigenvalue weighted by Gasteiger charge is 2.46. The molecule has 2 aromatic heterocycles. The summed E-state index contributed by atoms with van der Waals surface area (Å²) < 4.78 is 39.8. The van der Waals surface area contributed by atoms with E-state index in [2.05, 4.69) is 105 Å². The molecule has 3 aliphatic rings. The van der Waals surface area contributed by atoms with E-state index in [0.29, 0.717) is 26.4 Å². The molecule has 4 aromatic rings. The summed E-state index contributed by atoms with van der Waals surface area (Å²) in [6.45, 7) is 21.9. The lowest BCUT2D eigenvalue weighted by Crippen LogP contribution is -2.48. The lowest BCUT2D eigenvalue weighted by molar-refractivity contribution is -0.216. The maximum atomic E-state index is 12.0. The molecule has 0 N–H and O–H groups in total. The van der Waals surface area contributed by atoms with Crippen molar-refractivity contribution in [2.45, 2.75) is 189 Å². The normalized spacial score (nSPS) is 26.5. The predicted molar refractivity (Wildman–Crippen MR) is 255 cm³/mol. The first-order valence-electron chi connectivity index (χ1n) is 25.0. The van der Waals surface area contributed by atoms with Crippen molar-refractivity contribution in [1.29, 1.82) is 0 Å². The maximum absolute atomic E-state index is 12.0. The summed E-state index contributed by atoms with van der Waals surface area (Å²) >= 11 is 0. The highest BCUT2D eigenvalue weighted by Crippen LogP contribution is 2.54. The number of rotatable bonds is 22. The molecule has 0 saturated carbocycles. The first-order valence-corrected chi connectivity index (χ1v) is 25.0. The van der Waals surface area contributed by atoms with Gasteiger partial charge in [-0.3, -0.25) is 9.59 Å². The van der Waals surface area contributed by atoms with Crippen molar-refractivity contribution >= 4 is 11.9 Å². The molecule has 2 aromatic carbocycles. The van der Waals surface area contributed by atoms with Crippen LogP contribution in [0.1, 0.15) is 166 Å². The Balaban J connectivity index is 0.886. The topological polar surface area (TPSA) is 151 Å². The zero-order valence-corrected chi connectivity index (χ0v) is 41.7. The Bertz CT molecular complexity index is 2210. The van der Waals surface area contributed by atoms with Gasteiger partial charge in [-0.1, -0.05) is 124 Å². The van der Waals surface area contributed by atoms with E-state index in [4.69, 9.17) is 28.4 Å². The van der Waals surface area contributed by atoms with Gasteiger partial charge in [-0.05, 0) is 87.5 Å². The van der Waals surface area contributed by atoms with Gasteiger partial charge in [0.2, 0.25) is 0 Å². The number of hydrogen-bond donors (Lipinski definition) is 0. The molecule has 366 valence electrons. The monoisotopic (exact) mass is 925 g/mol. The van der Waals surface area contributed by atoms with E-state index in [1.807, 2.05) is 13.1 Å². The molecule has 2 saturated heterocycles. The lowest BCUT2D eigenvalue weighted by atomic mass is 9.70. The second-order valence-corrected chi connectivity index (χ2v) is 20.0. The fourth-order valence-electron chi connectivity index (χ4n) is 10.7. The van der Waals surface area contributed by atoms with Gasteiger partial charge in [0.25, 0.3) is 0 Å². The largest absolute Gasteiger partial charge is 0.457 e. The van der Waals surface area contributed by atoms with Gasteiger partial charge in [-0.25, -0.2) is 9.36 Å². The standard InChI is InChI=1S/C53H76N6O8/c1-33-19-21-45-46-22-20-34(2)28-48(46)53(47(45)27-33,23-15-11-13-17-25-62-31-43-30-58(57-55-43)51-49(66-41(9)60)37(5)35(3)39(7)64-51)24-16-12-14-18-26-63-32-44-29-54-56-59(44)52-50(67-42(10)61)38(6)36(4)40(8)65-52/h19-22,27-30,35-40,49-52H,11-18,23-26,31-32H2,1-10H3. The molecular weight excluding hydrogens is 849 g/mol. The molecule has 0 amide bonds. The first-order chi connectivity index (χ1) is 32.2. The summed E-state index contributed by atoms with van der Waals surface area (Å²) in [5, 5.41) is 17.2. The molecule has 14 heteroatoms. The van der Waals surface area contributed by atoms with Gasteiger partial charge >= 0.3 is 11.9 Å². The van der Waals surface area contributed by atoms with Crippen LogP contribution in [0.2, 0.25) is 0 Å². The van der Waals surface area contributed by atoms with Crippen LogP contribution < -0.4 is 0 Å². The fourth-order valence-corrected chi connectivity index (χ4v) is 10.7. The highest BCUT2D eigenvalue weighted by atomic mass is 16.6. The number of unbranched alkanes of at least 4 members (excludes halogenated alkanes) is 6. The minimum absolute atomic E-state index is 0.00547. The SMILES string of the molecule is CC(=O)OC1C(C)C(C)C(C)OC1n1cc(COCCCCCCC2(CCCCCCOCc3cnnn3C3OC(C)C(C)C(C)C3OC(C)=O)c3cc(C)ccc3-c3ccc(C)cc32)nn1. The summed E-state index contributed by atoms with van der Waals surface area (Å²) in [6.07, 6.45) is 12.4. The van der Waals surface area contributed by atoms with Gasteiger partial charge in [-0.15, -0.1) is 10.2 Å². The van der Waals surface area contributed by atoms with E-state index >= 15 is 0 Å². The summed E-state index contributed by atoms with van der Waals surface area (Å²) in [7, 11) is 0. The summed E-state index contributed by atoms with van der Waals surface area (Å²) in [5.41, 5.74) is 9.89. The van der Waals surface area contributed by atoms with Crippen molar-refractivity contribution in [3.63, 3.8) is 0 Å². The number of nitrogens with zero attached hydrogens (tertiary/aromatic N) is 6. The van der Waals surface area contributed by atoms with E-state index in [9.17, 15) is 9.59 Å². The number of fused-ring (bicyclic) bond motifs is 3. The van der Waals surface area contributed by atoms with Crippen molar-refractivity contribution in [3.8, 4) is 11.1 Å². The van der Waals surface area contributed by atoms with Crippen molar-refractivity contribution in [3.05, 3.63) is 82.4 Å². The number of ether oxygens (including phenoxy) is 6. The third kappa shape index (κ3) is 11.7. The quantitative estimate of drug-likeness (QED) is 0.0545. The summed E-state index contributed by atoms with van der Waals surface area (Å²) in [6, 6.07) is 14.1. The van der Waals surface area contributed by atoms with Gasteiger partial charge in [-0.2, -0.15) is 0 Å². The number of carbonyl (C=O) groups is 2. The Labute approximate surface area is 398 Å². The fraction of sp³-hybridized carbons (Fsp3) is 0.660. The van der Waals surface area contributed by atoms with Crippen LogP contribution >= 0.6 is 0 Å². The minimum Gasteiger partial charge on any atom is -0.457 e. The molecular formula is C53H76N6O8. The molecule has 0 radical (unpaired) electrons. The lowest BCUT2D eigenvalue weighted by Gasteiger charge is -2.43. The second kappa shape index (κ2) is 22.7. The molecule has 4 heterocycles. The van der Waals surface area contributed by atoms with Crippen LogP contribution in [-0.2, 0) is 56.6 Å². The Morgan fingerprint density at radius 2 is 1.15 bits per heavy atom. The third-order valence-corrected chi connectivity index (χ3v) is 15.2.